The molecule has 1 aromatic rings. The summed E-state index contributed by atoms with van der Waals surface area (Å²) in [5.74, 6) is 0. The van der Waals surface area contributed by atoms with E-state index >= 15 is 0 Å². The van der Waals surface area contributed by atoms with E-state index in [-0.39, 0.29) is 0 Å². The molecule has 118 valence electrons. The van der Waals surface area contributed by atoms with Gasteiger partial charge in [-0.25, -0.2) is 0 Å². The van der Waals surface area contributed by atoms with E-state index in [1.807, 2.05) is 6.07 Å². The average molecular weight is 291 g/mol. The predicted molar refractivity (Wildman–Crippen MR) is 86.4 cm³/mol. The van der Waals surface area contributed by atoms with Gasteiger partial charge in [0.05, 0.1) is 25.9 Å². The Bertz CT molecular complexity index is 380. The van der Waals surface area contributed by atoms with Crippen molar-refractivity contribution in [2.24, 2.45) is 0 Å². The molecule has 0 saturated carbocycles. The average Bonchev–Trinajstić information content (AvgIpc) is 2.51. The quantitative estimate of drug-likeness (QED) is 0.684. The van der Waals surface area contributed by atoms with Crippen LogP contribution in [0.3, 0.4) is 0 Å². The van der Waals surface area contributed by atoms with Crippen LogP contribution in [-0.4, -0.2) is 43.3 Å². The second kappa shape index (κ2) is 9.19. The van der Waals surface area contributed by atoms with Crippen LogP contribution in [0.4, 0.5) is 0 Å². The fourth-order valence-corrected chi connectivity index (χ4v) is 2.79. The van der Waals surface area contributed by atoms with E-state index in [2.05, 4.69) is 43.0 Å². The molecule has 3 nitrogen and oxygen atoms in total. The summed E-state index contributed by atoms with van der Waals surface area (Å²) >= 11 is 0. The number of piperidine rings is 1. The summed E-state index contributed by atoms with van der Waals surface area (Å²) < 4.78 is 11.6. The van der Waals surface area contributed by atoms with Crippen LogP contribution < -0.4 is 0 Å². The van der Waals surface area contributed by atoms with E-state index in [1.165, 1.54) is 31.4 Å². The summed E-state index contributed by atoms with van der Waals surface area (Å²) in [6.07, 6.45) is 4.21. The van der Waals surface area contributed by atoms with E-state index in [0.717, 1.165) is 19.8 Å². The molecule has 0 bridgehead atoms. The van der Waals surface area contributed by atoms with Crippen LogP contribution in [0.5, 0.6) is 0 Å². The molecule has 21 heavy (non-hydrogen) atoms. The van der Waals surface area contributed by atoms with Gasteiger partial charge < -0.3 is 9.47 Å². The van der Waals surface area contributed by atoms with Crippen molar-refractivity contribution in [2.75, 3.05) is 26.3 Å². The number of rotatable bonds is 8. The maximum atomic E-state index is 5.81. The normalized spacial score (nSPS) is 20.0. The highest BCUT2D eigenvalue weighted by Crippen LogP contribution is 2.17. The van der Waals surface area contributed by atoms with Crippen LogP contribution in [0.15, 0.2) is 30.3 Å². The number of nitrogens with zero attached hydrogens (tertiary/aromatic N) is 1. The monoisotopic (exact) mass is 291 g/mol. The van der Waals surface area contributed by atoms with Crippen LogP contribution in [0.2, 0.25) is 0 Å². The second-order valence-electron chi connectivity index (χ2n) is 6.11. The Balaban J connectivity index is 1.67. The Morgan fingerprint density at radius 3 is 2.76 bits per heavy atom. The van der Waals surface area contributed by atoms with Crippen molar-refractivity contribution in [2.45, 2.75) is 51.9 Å². The molecule has 1 aliphatic heterocycles. The van der Waals surface area contributed by atoms with Gasteiger partial charge in [-0.05, 0) is 38.8 Å². The molecule has 0 spiro atoms. The van der Waals surface area contributed by atoms with Crippen molar-refractivity contribution in [1.29, 1.82) is 0 Å². The van der Waals surface area contributed by atoms with E-state index in [4.69, 9.17) is 9.47 Å². The maximum absolute atomic E-state index is 5.81. The van der Waals surface area contributed by atoms with E-state index in [1.54, 1.807) is 0 Å². The Morgan fingerprint density at radius 2 is 2.00 bits per heavy atom. The van der Waals surface area contributed by atoms with Gasteiger partial charge in [-0.3, -0.25) is 4.90 Å². The van der Waals surface area contributed by atoms with Gasteiger partial charge in [0, 0.05) is 12.6 Å². The molecule has 0 unspecified atom stereocenters. The molecule has 1 heterocycles. The first kappa shape index (κ1) is 16.5. The topological polar surface area (TPSA) is 21.7 Å². The van der Waals surface area contributed by atoms with Crippen LogP contribution >= 0.6 is 0 Å². The highest BCUT2D eigenvalue weighted by Gasteiger charge is 2.22. The minimum atomic E-state index is 0.322. The summed E-state index contributed by atoms with van der Waals surface area (Å²) in [6.45, 7) is 8.78. The molecule has 0 radical (unpaired) electrons. The Labute approximate surface area is 129 Å². The van der Waals surface area contributed by atoms with Gasteiger partial charge in [0.25, 0.3) is 0 Å². The number of benzene rings is 1. The molecule has 1 saturated heterocycles. The maximum Gasteiger partial charge on any atom is 0.0717 e. The van der Waals surface area contributed by atoms with Crippen LogP contribution in [0.25, 0.3) is 0 Å². The van der Waals surface area contributed by atoms with Gasteiger partial charge in [0.2, 0.25) is 0 Å². The van der Waals surface area contributed by atoms with Gasteiger partial charge in [0.15, 0.2) is 0 Å². The number of likely N-dealkylation sites (tertiary alicyclic amines) is 1. The fourth-order valence-electron chi connectivity index (χ4n) is 2.79. The third-order valence-electron chi connectivity index (χ3n) is 4.01. The highest BCUT2D eigenvalue weighted by molar-refractivity contribution is 5.13. The van der Waals surface area contributed by atoms with Gasteiger partial charge in [-0.15, -0.1) is 0 Å². The first-order chi connectivity index (χ1) is 10.3. The zero-order chi connectivity index (χ0) is 14.9. The highest BCUT2D eigenvalue weighted by atomic mass is 16.5. The van der Waals surface area contributed by atoms with Crippen molar-refractivity contribution >= 4 is 0 Å². The lowest BCUT2D eigenvalue weighted by molar-refractivity contribution is -0.00183. The van der Waals surface area contributed by atoms with Gasteiger partial charge >= 0.3 is 0 Å². The largest absolute Gasteiger partial charge is 0.377 e. The van der Waals surface area contributed by atoms with Gasteiger partial charge in [-0.1, -0.05) is 36.8 Å². The first-order valence-electron chi connectivity index (χ1n) is 8.23. The molecule has 0 aromatic heterocycles. The minimum Gasteiger partial charge on any atom is -0.377 e. The molecule has 1 aromatic carbocycles. The molecule has 1 atom stereocenters. The summed E-state index contributed by atoms with van der Waals surface area (Å²) in [7, 11) is 0. The van der Waals surface area contributed by atoms with E-state index < -0.39 is 0 Å². The number of ether oxygens (including phenoxy) is 2. The van der Waals surface area contributed by atoms with Crippen LogP contribution in [-0.2, 0) is 16.1 Å². The first-order valence-corrected chi connectivity index (χ1v) is 8.23. The lowest BCUT2D eigenvalue weighted by Gasteiger charge is -2.35. The molecule has 0 aliphatic carbocycles. The number of hydrogen-bond acceptors (Lipinski definition) is 3. The molecular formula is C18H29NO2. The summed E-state index contributed by atoms with van der Waals surface area (Å²) in [6, 6.07) is 10.9. The third-order valence-corrected chi connectivity index (χ3v) is 4.01. The van der Waals surface area contributed by atoms with Crippen molar-refractivity contribution in [1.82, 2.24) is 4.90 Å². The predicted octanol–water partition coefficient (Wildman–Crippen LogP) is 3.48. The Morgan fingerprint density at radius 1 is 1.19 bits per heavy atom. The molecular weight excluding hydrogens is 262 g/mol. The van der Waals surface area contributed by atoms with Gasteiger partial charge in [-0.2, -0.15) is 0 Å². The second-order valence-corrected chi connectivity index (χ2v) is 6.11. The lowest BCUT2D eigenvalue weighted by Crippen LogP contribution is -2.44. The zero-order valence-electron chi connectivity index (χ0n) is 13.5. The van der Waals surface area contributed by atoms with Crippen molar-refractivity contribution < 1.29 is 9.47 Å². The van der Waals surface area contributed by atoms with Crippen molar-refractivity contribution in [3.8, 4) is 0 Å². The standard InChI is InChI=1S/C18H29NO2/c1-16(2)21-15-18-10-6-7-11-19(18)12-13-20-14-17-8-4-3-5-9-17/h3-5,8-9,16,18H,6-7,10-15H2,1-2H3/t18-/m1/s1. The van der Waals surface area contributed by atoms with Crippen molar-refractivity contribution in [3.63, 3.8) is 0 Å². The molecule has 2 rings (SSSR count). The molecule has 1 fully saturated rings. The van der Waals surface area contributed by atoms with Gasteiger partial charge in [0.1, 0.15) is 0 Å². The fraction of sp³-hybridized carbons (Fsp3) is 0.667. The summed E-state index contributed by atoms with van der Waals surface area (Å²) in [4.78, 5) is 2.54. The Kier molecular flexibility index (Phi) is 7.20. The molecule has 0 amide bonds. The number of hydrogen-bond donors (Lipinski definition) is 0. The minimum absolute atomic E-state index is 0.322. The van der Waals surface area contributed by atoms with Crippen molar-refractivity contribution in [3.05, 3.63) is 35.9 Å². The summed E-state index contributed by atoms with van der Waals surface area (Å²) in [5.41, 5.74) is 1.25. The van der Waals surface area contributed by atoms with Crippen LogP contribution in [0.1, 0.15) is 38.7 Å². The van der Waals surface area contributed by atoms with E-state index in [9.17, 15) is 0 Å². The third kappa shape index (κ3) is 6.16. The zero-order valence-corrected chi connectivity index (χ0v) is 13.5. The molecule has 1 aliphatic rings. The lowest BCUT2D eigenvalue weighted by atomic mass is 10.0. The Hall–Kier alpha value is -0.900. The molecule has 0 N–H and O–H groups in total. The molecule has 3 heteroatoms. The SMILES string of the molecule is CC(C)OC[C@H]1CCCCN1CCOCc1ccccc1. The van der Waals surface area contributed by atoms with Crippen LogP contribution in [0, 0.1) is 0 Å². The van der Waals surface area contributed by atoms with E-state index in [0.29, 0.717) is 18.8 Å². The smallest absolute Gasteiger partial charge is 0.0717 e. The summed E-state index contributed by atoms with van der Waals surface area (Å²) in [5, 5.41) is 0.